The third kappa shape index (κ3) is 1.02. The number of aromatic nitrogens is 1. The quantitative estimate of drug-likeness (QED) is 0.660. The Hall–Kier alpha value is -1.78. The first kappa shape index (κ1) is 8.80. The van der Waals surface area contributed by atoms with Crippen LogP contribution in [0.3, 0.4) is 0 Å². The van der Waals surface area contributed by atoms with E-state index in [1.807, 2.05) is 0 Å². The second kappa shape index (κ2) is 2.87. The van der Waals surface area contributed by atoms with Crippen LogP contribution in [0.4, 0.5) is 13.2 Å². The molecule has 0 saturated carbocycles. The molecular weight excluding hydrogens is 195 g/mol. The highest BCUT2D eigenvalue weighted by Crippen LogP contribution is 2.30. The normalized spacial score (nSPS) is 10.8. The average Bonchev–Trinajstić information content (AvgIpc) is 2.23. The minimum absolute atomic E-state index is 0.246. The number of halogens is 3. The molecule has 0 bridgehead atoms. The van der Waals surface area contributed by atoms with Crippen LogP contribution in [0.15, 0.2) is 18.3 Å². The van der Waals surface area contributed by atoms with E-state index in [4.69, 9.17) is 5.11 Å². The van der Waals surface area contributed by atoms with Gasteiger partial charge in [-0.3, -0.25) is 4.98 Å². The molecule has 0 spiro atoms. The van der Waals surface area contributed by atoms with Crippen molar-refractivity contribution in [2.75, 3.05) is 0 Å². The van der Waals surface area contributed by atoms with Crippen LogP contribution >= 0.6 is 0 Å². The van der Waals surface area contributed by atoms with Gasteiger partial charge in [-0.2, -0.15) is 4.39 Å². The zero-order valence-electron chi connectivity index (χ0n) is 6.76. The number of aromatic hydroxyl groups is 1. The molecule has 0 aliphatic carbocycles. The van der Waals surface area contributed by atoms with Gasteiger partial charge in [-0.1, -0.05) is 0 Å². The number of nitrogens with zero attached hydrogens (tertiary/aromatic N) is 1. The Morgan fingerprint density at radius 1 is 1.07 bits per heavy atom. The molecule has 0 unspecified atom stereocenters. The molecule has 72 valence electrons. The van der Waals surface area contributed by atoms with Gasteiger partial charge in [0.2, 0.25) is 5.82 Å². The summed E-state index contributed by atoms with van der Waals surface area (Å²) in [6.07, 6.45) is 1.25. The fourth-order valence-corrected chi connectivity index (χ4v) is 1.19. The van der Waals surface area contributed by atoms with Gasteiger partial charge in [-0.05, 0) is 12.1 Å². The van der Waals surface area contributed by atoms with Gasteiger partial charge in [0.15, 0.2) is 17.4 Å². The van der Waals surface area contributed by atoms with Crippen LogP contribution < -0.4 is 0 Å². The van der Waals surface area contributed by atoms with Crippen molar-refractivity contribution in [2.45, 2.75) is 0 Å². The fraction of sp³-hybridized carbons (Fsp3) is 0. The minimum Gasteiger partial charge on any atom is -0.503 e. The molecule has 5 heteroatoms. The van der Waals surface area contributed by atoms with E-state index in [1.165, 1.54) is 18.3 Å². The number of benzene rings is 1. The monoisotopic (exact) mass is 199 g/mol. The van der Waals surface area contributed by atoms with Gasteiger partial charge in [-0.25, -0.2) is 8.78 Å². The number of hydrogen-bond acceptors (Lipinski definition) is 2. The average molecular weight is 199 g/mol. The zero-order valence-corrected chi connectivity index (χ0v) is 6.76. The molecule has 0 radical (unpaired) electrons. The van der Waals surface area contributed by atoms with Gasteiger partial charge >= 0.3 is 0 Å². The van der Waals surface area contributed by atoms with Gasteiger partial charge in [0.05, 0.1) is 0 Å². The first-order chi connectivity index (χ1) is 6.63. The number of pyridine rings is 1. The highest BCUT2D eigenvalue weighted by molar-refractivity contribution is 5.84. The second-order valence-electron chi connectivity index (χ2n) is 2.69. The first-order valence-electron chi connectivity index (χ1n) is 3.73. The van der Waals surface area contributed by atoms with Crippen molar-refractivity contribution in [2.24, 2.45) is 0 Å². The van der Waals surface area contributed by atoms with E-state index >= 15 is 0 Å². The van der Waals surface area contributed by atoms with E-state index in [0.29, 0.717) is 0 Å². The van der Waals surface area contributed by atoms with Crippen molar-refractivity contribution >= 4 is 10.9 Å². The summed E-state index contributed by atoms with van der Waals surface area (Å²) in [4.78, 5) is 3.55. The first-order valence-corrected chi connectivity index (χ1v) is 3.73. The van der Waals surface area contributed by atoms with Crippen molar-refractivity contribution in [3.8, 4) is 5.75 Å². The molecule has 2 nitrogen and oxygen atoms in total. The van der Waals surface area contributed by atoms with Gasteiger partial charge in [0.25, 0.3) is 0 Å². The molecule has 0 fully saturated rings. The molecule has 2 aromatic rings. The highest BCUT2D eigenvalue weighted by atomic mass is 19.2. The number of fused-ring (bicyclic) bond motifs is 1. The van der Waals surface area contributed by atoms with Crippen LogP contribution in [0.1, 0.15) is 0 Å². The molecule has 0 amide bonds. The van der Waals surface area contributed by atoms with E-state index in [0.717, 1.165) is 0 Å². The summed E-state index contributed by atoms with van der Waals surface area (Å²) in [6.45, 7) is 0. The Morgan fingerprint density at radius 3 is 2.50 bits per heavy atom. The molecule has 0 aliphatic rings. The van der Waals surface area contributed by atoms with Gasteiger partial charge in [-0.15, -0.1) is 0 Å². The molecule has 1 aromatic carbocycles. The largest absolute Gasteiger partial charge is 0.503 e. The highest BCUT2D eigenvalue weighted by Gasteiger charge is 2.19. The number of phenols is 1. The second-order valence-corrected chi connectivity index (χ2v) is 2.69. The van der Waals surface area contributed by atoms with Crippen molar-refractivity contribution in [3.63, 3.8) is 0 Å². The molecule has 1 aromatic heterocycles. The summed E-state index contributed by atoms with van der Waals surface area (Å²) in [7, 11) is 0. The Labute approximate surface area is 76.6 Å². The SMILES string of the molecule is Oc1c(F)c(F)c(F)c2cccnc12. The van der Waals surface area contributed by atoms with E-state index in [9.17, 15) is 13.2 Å². The molecule has 0 atom stereocenters. The lowest BCUT2D eigenvalue weighted by molar-refractivity contribution is 0.394. The van der Waals surface area contributed by atoms with E-state index in [1.54, 1.807) is 0 Å². The lowest BCUT2D eigenvalue weighted by Crippen LogP contribution is -1.94. The summed E-state index contributed by atoms with van der Waals surface area (Å²) in [5.74, 6) is -5.63. The van der Waals surface area contributed by atoms with Gasteiger partial charge in [0.1, 0.15) is 5.52 Å². The smallest absolute Gasteiger partial charge is 0.205 e. The van der Waals surface area contributed by atoms with Crippen LogP contribution in [0.25, 0.3) is 10.9 Å². The fourth-order valence-electron chi connectivity index (χ4n) is 1.19. The van der Waals surface area contributed by atoms with Crippen LogP contribution in [-0.2, 0) is 0 Å². The standard InChI is InChI=1S/C9H4F3NO/c10-5-4-2-1-3-13-8(4)9(14)7(12)6(5)11/h1-3,14H. The van der Waals surface area contributed by atoms with Crippen LogP contribution in [0.5, 0.6) is 5.75 Å². The van der Waals surface area contributed by atoms with Crippen LogP contribution in [0.2, 0.25) is 0 Å². The molecule has 1 N–H and O–H groups in total. The van der Waals surface area contributed by atoms with Crippen LogP contribution in [0, 0.1) is 17.5 Å². The molecule has 2 rings (SSSR count). The number of phenolic OH excluding ortho intramolecular Hbond substituents is 1. The third-order valence-corrected chi connectivity index (χ3v) is 1.86. The molecular formula is C9H4F3NO. The molecule has 14 heavy (non-hydrogen) atoms. The van der Waals surface area contributed by atoms with Crippen molar-refractivity contribution < 1.29 is 18.3 Å². The van der Waals surface area contributed by atoms with Gasteiger partial charge < -0.3 is 5.11 Å². The Bertz CT molecular complexity index is 466. The number of hydrogen-bond donors (Lipinski definition) is 1. The van der Waals surface area contributed by atoms with E-state index in [-0.39, 0.29) is 10.9 Å². The lowest BCUT2D eigenvalue weighted by Gasteiger charge is -2.03. The Balaban J connectivity index is 3.02. The van der Waals surface area contributed by atoms with Crippen molar-refractivity contribution in [1.29, 1.82) is 0 Å². The van der Waals surface area contributed by atoms with E-state index in [2.05, 4.69) is 4.98 Å². The molecule has 0 aliphatic heterocycles. The lowest BCUT2D eigenvalue weighted by atomic mass is 10.2. The predicted octanol–water partition coefficient (Wildman–Crippen LogP) is 2.36. The minimum atomic E-state index is -1.69. The maximum absolute atomic E-state index is 13.1. The van der Waals surface area contributed by atoms with Crippen molar-refractivity contribution in [1.82, 2.24) is 4.98 Å². The maximum Gasteiger partial charge on any atom is 0.205 e. The maximum atomic E-state index is 13.1. The Morgan fingerprint density at radius 2 is 1.79 bits per heavy atom. The molecule has 1 heterocycles. The molecule has 0 saturated heterocycles. The summed E-state index contributed by atoms with van der Waals surface area (Å²) in [5.41, 5.74) is -0.288. The summed E-state index contributed by atoms with van der Waals surface area (Å²) >= 11 is 0. The van der Waals surface area contributed by atoms with Crippen molar-refractivity contribution in [3.05, 3.63) is 35.8 Å². The summed E-state index contributed by atoms with van der Waals surface area (Å²) in [6, 6.07) is 2.57. The topological polar surface area (TPSA) is 33.1 Å². The Kier molecular flexibility index (Phi) is 1.80. The number of rotatable bonds is 0. The predicted molar refractivity (Wildman–Crippen MR) is 43.3 cm³/mol. The summed E-state index contributed by atoms with van der Waals surface area (Å²) < 4.78 is 38.7. The summed E-state index contributed by atoms with van der Waals surface area (Å²) in [5, 5.41) is 8.87. The third-order valence-electron chi connectivity index (χ3n) is 1.86. The van der Waals surface area contributed by atoms with E-state index < -0.39 is 23.2 Å². The zero-order chi connectivity index (χ0) is 10.3. The van der Waals surface area contributed by atoms with Gasteiger partial charge in [0, 0.05) is 11.6 Å². The van der Waals surface area contributed by atoms with Crippen LogP contribution in [-0.4, -0.2) is 10.1 Å².